The molecule has 30 heavy (non-hydrogen) atoms. The van der Waals surface area contributed by atoms with Crippen LogP contribution in [0.15, 0.2) is 83.1 Å². The largest absolute Gasteiger partial charge is 0.397 e. The van der Waals surface area contributed by atoms with E-state index in [0.29, 0.717) is 11.7 Å². The summed E-state index contributed by atoms with van der Waals surface area (Å²) in [7, 11) is 2.94. The van der Waals surface area contributed by atoms with Crippen LogP contribution in [0.3, 0.4) is 0 Å². The van der Waals surface area contributed by atoms with Crippen molar-refractivity contribution in [3.05, 3.63) is 83.9 Å². The minimum atomic E-state index is 0. The highest BCUT2D eigenvalue weighted by molar-refractivity contribution is 5.99. The minimum Gasteiger partial charge on any atom is -0.397 e. The maximum absolute atomic E-state index is 5.93. The second-order valence-corrected chi connectivity index (χ2v) is 6.06. The summed E-state index contributed by atoms with van der Waals surface area (Å²) < 4.78 is 0. The second-order valence-electron chi connectivity index (χ2n) is 6.06. The SMILES string of the molecule is CO/N=C(\N)c1cccc(-c2cccc(-c3cccc(/C(N)=N\OC)c3)c2)c1.Cl.Cl. The first-order valence-electron chi connectivity index (χ1n) is 8.67. The summed E-state index contributed by atoms with van der Waals surface area (Å²) in [4.78, 5) is 9.53. The van der Waals surface area contributed by atoms with E-state index in [4.69, 9.17) is 21.1 Å². The van der Waals surface area contributed by atoms with Gasteiger partial charge < -0.3 is 21.1 Å². The van der Waals surface area contributed by atoms with Crippen LogP contribution in [0.1, 0.15) is 11.1 Å². The number of hydrogen-bond donors (Lipinski definition) is 2. The van der Waals surface area contributed by atoms with Crippen LogP contribution in [-0.4, -0.2) is 25.9 Å². The number of amidine groups is 2. The third-order valence-electron chi connectivity index (χ3n) is 4.23. The molecule has 0 unspecified atom stereocenters. The lowest BCUT2D eigenvalue weighted by Crippen LogP contribution is -2.13. The number of rotatable bonds is 6. The first-order chi connectivity index (χ1) is 13.6. The van der Waals surface area contributed by atoms with Crippen LogP contribution in [-0.2, 0) is 9.68 Å². The summed E-state index contributed by atoms with van der Waals surface area (Å²) in [6.45, 7) is 0. The second kappa shape index (κ2) is 11.7. The van der Waals surface area contributed by atoms with Crippen molar-refractivity contribution in [3.8, 4) is 22.3 Å². The molecule has 3 aromatic rings. The molecule has 6 nitrogen and oxygen atoms in total. The van der Waals surface area contributed by atoms with Crippen LogP contribution < -0.4 is 11.5 Å². The Bertz CT molecular complexity index is 960. The van der Waals surface area contributed by atoms with E-state index < -0.39 is 0 Å². The number of hydrogen-bond acceptors (Lipinski definition) is 4. The van der Waals surface area contributed by atoms with E-state index in [0.717, 1.165) is 33.4 Å². The van der Waals surface area contributed by atoms with Gasteiger partial charge in [-0.15, -0.1) is 24.8 Å². The summed E-state index contributed by atoms with van der Waals surface area (Å²) in [5, 5.41) is 7.59. The molecule has 0 heterocycles. The van der Waals surface area contributed by atoms with E-state index in [1.165, 1.54) is 14.2 Å². The van der Waals surface area contributed by atoms with Gasteiger partial charge in [0, 0.05) is 11.1 Å². The highest BCUT2D eigenvalue weighted by Gasteiger charge is 2.07. The van der Waals surface area contributed by atoms with Gasteiger partial charge in [0.15, 0.2) is 11.7 Å². The Morgan fingerprint density at radius 1 is 0.600 bits per heavy atom. The molecule has 158 valence electrons. The lowest BCUT2D eigenvalue weighted by Gasteiger charge is -2.09. The van der Waals surface area contributed by atoms with Crippen molar-refractivity contribution in [2.75, 3.05) is 14.2 Å². The van der Waals surface area contributed by atoms with Gasteiger partial charge in [0.2, 0.25) is 0 Å². The lowest BCUT2D eigenvalue weighted by atomic mass is 9.97. The molecule has 0 fully saturated rings. The standard InChI is InChI=1S/C22H22N4O2.2ClH/c1-27-25-21(23)19-10-4-8-17(13-19)15-6-3-7-16(12-15)18-9-5-11-20(14-18)22(24)26-28-2;;/h3-14H,1-2H3,(H2,23,25)(H2,24,26);2*1H. The summed E-state index contributed by atoms with van der Waals surface area (Å²) >= 11 is 0. The Labute approximate surface area is 188 Å². The highest BCUT2D eigenvalue weighted by atomic mass is 35.5. The predicted octanol–water partition coefficient (Wildman–Crippen LogP) is 4.40. The fourth-order valence-corrected chi connectivity index (χ4v) is 2.90. The monoisotopic (exact) mass is 446 g/mol. The molecule has 0 aliphatic rings. The van der Waals surface area contributed by atoms with Gasteiger partial charge in [-0.1, -0.05) is 64.9 Å². The van der Waals surface area contributed by atoms with Crippen LogP contribution in [0.5, 0.6) is 0 Å². The maximum atomic E-state index is 5.93. The van der Waals surface area contributed by atoms with E-state index in [9.17, 15) is 0 Å². The molecule has 3 rings (SSSR count). The molecule has 0 bridgehead atoms. The molecule has 8 heteroatoms. The van der Waals surface area contributed by atoms with E-state index in [1.807, 2.05) is 54.6 Å². The lowest BCUT2D eigenvalue weighted by molar-refractivity contribution is 0.213. The van der Waals surface area contributed by atoms with Gasteiger partial charge in [0.25, 0.3) is 0 Å². The Balaban J connectivity index is 0.00000225. The Morgan fingerprint density at radius 3 is 1.30 bits per heavy atom. The molecular formula is C22H24Cl2N4O2. The molecule has 0 spiro atoms. The highest BCUT2D eigenvalue weighted by Crippen LogP contribution is 2.27. The van der Waals surface area contributed by atoms with E-state index in [1.54, 1.807) is 0 Å². The summed E-state index contributed by atoms with van der Waals surface area (Å²) in [5.41, 5.74) is 17.7. The van der Waals surface area contributed by atoms with Crippen LogP contribution in [0, 0.1) is 0 Å². The number of nitrogens with two attached hydrogens (primary N) is 2. The molecule has 0 saturated heterocycles. The molecule has 0 aliphatic heterocycles. The van der Waals surface area contributed by atoms with Crippen molar-refractivity contribution >= 4 is 36.5 Å². The van der Waals surface area contributed by atoms with Crippen LogP contribution in [0.4, 0.5) is 0 Å². The smallest absolute Gasteiger partial charge is 0.170 e. The summed E-state index contributed by atoms with van der Waals surface area (Å²) in [6.07, 6.45) is 0. The van der Waals surface area contributed by atoms with Crippen molar-refractivity contribution < 1.29 is 9.68 Å². The third-order valence-corrected chi connectivity index (χ3v) is 4.23. The number of halogens is 2. The van der Waals surface area contributed by atoms with Crippen LogP contribution in [0.25, 0.3) is 22.3 Å². The van der Waals surface area contributed by atoms with Gasteiger partial charge in [0.1, 0.15) is 14.2 Å². The average molecular weight is 447 g/mol. The third kappa shape index (κ3) is 5.89. The molecule has 3 aromatic carbocycles. The molecule has 0 radical (unpaired) electrons. The predicted molar refractivity (Wildman–Crippen MR) is 127 cm³/mol. The molecule has 0 saturated carbocycles. The van der Waals surface area contributed by atoms with Gasteiger partial charge in [-0.2, -0.15) is 0 Å². The van der Waals surface area contributed by atoms with Crippen molar-refractivity contribution in [1.82, 2.24) is 0 Å². The van der Waals surface area contributed by atoms with Crippen LogP contribution >= 0.6 is 24.8 Å². The minimum absolute atomic E-state index is 0. The number of benzene rings is 3. The van der Waals surface area contributed by atoms with Crippen molar-refractivity contribution in [3.63, 3.8) is 0 Å². The van der Waals surface area contributed by atoms with Crippen LogP contribution in [0.2, 0.25) is 0 Å². The van der Waals surface area contributed by atoms with Gasteiger partial charge in [0.05, 0.1) is 0 Å². The van der Waals surface area contributed by atoms with Gasteiger partial charge in [-0.25, -0.2) is 0 Å². The molecule has 4 N–H and O–H groups in total. The molecule has 0 amide bonds. The van der Waals surface area contributed by atoms with E-state index in [2.05, 4.69) is 28.5 Å². The zero-order chi connectivity index (χ0) is 19.9. The summed E-state index contributed by atoms with van der Waals surface area (Å²) in [5.74, 6) is 0.669. The summed E-state index contributed by atoms with van der Waals surface area (Å²) in [6, 6.07) is 23.9. The van der Waals surface area contributed by atoms with Crippen molar-refractivity contribution in [2.45, 2.75) is 0 Å². The Morgan fingerprint density at radius 2 is 0.933 bits per heavy atom. The van der Waals surface area contributed by atoms with Gasteiger partial charge in [-0.3, -0.25) is 0 Å². The van der Waals surface area contributed by atoms with Crippen molar-refractivity contribution in [1.29, 1.82) is 0 Å². The topological polar surface area (TPSA) is 95.2 Å². The molecule has 0 atom stereocenters. The van der Waals surface area contributed by atoms with Gasteiger partial charge >= 0.3 is 0 Å². The Hall–Kier alpha value is -3.22. The normalized spacial score (nSPS) is 11.1. The fraction of sp³-hybridized carbons (Fsp3) is 0.0909. The number of oxime groups is 2. The zero-order valence-corrected chi connectivity index (χ0v) is 18.2. The van der Waals surface area contributed by atoms with Crippen molar-refractivity contribution in [2.24, 2.45) is 21.8 Å². The van der Waals surface area contributed by atoms with E-state index >= 15 is 0 Å². The first kappa shape index (κ1) is 24.8. The fourth-order valence-electron chi connectivity index (χ4n) is 2.90. The maximum Gasteiger partial charge on any atom is 0.170 e. The molecular weight excluding hydrogens is 423 g/mol. The zero-order valence-electron chi connectivity index (χ0n) is 16.6. The quantitative estimate of drug-likeness (QED) is 0.333. The molecule has 0 aliphatic carbocycles. The van der Waals surface area contributed by atoms with Gasteiger partial charge in [-0.05, 0) is 40.5 Å². The average Bonchev–Trinajstić information content (AvgIpc) is 2.74. The van der Waals surface area contributed by atoms with E-state index in [-0.39, 0.29) is 24.8 Å². The first-order valence-corrected chi connectivity index (χ1v) is 8.67. The molecule has 0 aromatic heterocycles. The Kier molecular flexibility index (Phi) is 9.68. The number of nitrogens with zero attached hydrogens (tertiary/aromatic N) is 2.